The average Bonchev–Trinajstić information content (AvgIpc) is 3.14. The molecule has 3 aliphatic rings. The minimum absolute atomic E-state index is 0.106. The first kappa shape index (κ1) is 19.3. The summed E-state index contributed by atoms with van der Waals surface area (Å²) in [5.41, 5.74) is 0.351. The molecule has 4 rings (SSSR count). The van der Waals surface area contributed by atoms with Gasteiger partial charge in [-0.3, -0.25) is 19.4 Å². The van der Waals surface area contributed by atoms with Gasteiger partial charge in [0, 0.05) is 26.2 Å². The van der Waals surface area contributed by atoms with Crippen LogP contribution in [0, 0.1) is 25.7 Å². The summed E-state index contributed by atoms with van der Waals surface area (Å²) >= 11 is 0. The van der Waals surface area contributed by atoms with Crippen molar-refractivity contribution in [2.75, 3.05) is 32.8 Å². The maximum absolute atomic E-state index is 12.9. The first-order valence-electron chi connectivity index (χ1n) is 9.46. The molecule has 2 aliphatic heterocycles. The minimum Gasteiger partial charge on any atom is -0.360 e. The Bertz CT molecular complexity index is 884. The van der Waals surface area contributed by atoms with E-state index in [2.05, 4.69) is 5.16 Å². The van der Waals surface area contributed by atoms with Gasteiger partial charge >= 0.3 is 0 Å². The van der Waals surface area contributed by atoms with E-state index in [1.54, 1.807) is 13.8 Å². The second kappa shape index (κ2) is 7.09. The Morgan fingerprint density at radius 3 is 2.11 bits per heavy atom. The van der Waals surface area contributed by atoms with Crippen LogP contribution in [-0.2, 0) is 19.6 Å². The van der Waals surface area contributed by atoms with E-state index in [1.807, 2.05) is 17.1 Å². The Morgan fingerprint density at radius 1 is 1.04 bits per heavy atom. The number of likely N-dealkylation sites (tertiary alicyclic amines) is 1. The van der Waals surface area contributed by atoms with E-state index < -0.39 is 10.0 Å². The number of fused-ring (bicyclic) bond motifs is 1. The fourth-order valence-corrected chi connectivity index (χ4v) is 6.00. The molecule has 0 saturated carbocycles. The van der Waals surface area contributed by atoms with Crippen molar-refractivity contribution in [1.82, 2.24) is 19.3 Å². The Hall–Kier alpha value is -2.04. The number of hydrogen-bond donors (Lipinski definition) is 0. The summed E-state index contributed by atoms with van der Waals surface area (Å²) in [6.07, 6.45) is 5.17. The second-order valence-corrected chi connectivity index (χ2v) is 9.45. The molecular weight excluding hydrogens is 384 g/mol. The van der Waals surface area contributed by atoms with Crippen LogP contribution in [0.15, 0.2) is 21.6 Å². The van der Waals surface area contributed by atoms with E-state index >= 15 is 0 Å². The van der Waals surface area contributed by atoms with E-state index in [4.69, 9.17) is 4.52 Å². The van der Waals surface area contributed by atoms with E-state index in [1.165, 1.54) is 9.21 Å². The topological polar surface area (TPSA) is 104 Å². The van der Waals surface area contributed by atoms with Gasteiger partial charge in [-0.2, -0.15) is 4.31 Å². The molecule has 152 valence electrons. The van der Waals surface area contributed by atoms with Crippen molar-refractivity contribution in [3.05, 3.63) is 23.6 Å². The predicted octanol–water partition coefficient (Wildman–Crippen LogP) is 0.506. The summed E-state index contributed by atoms with van der Waals surface area (Å²) in [7, 11) is -3.67. The standard InChI is InChI=1S/C18H24N4O5S/c1-12-16(13(2)27-19-12)28(25,26)21-9-7-20(8-10-21)11-22-17(23)14-5-3-4-6-15(14)18(22)24/h3-4,14-15H,5-11H2,1-2H3/t14-,15-/m1/s1. The van der Waals surface area contributed by atoms with Gasteiger partial charge in [0.2, 0.25) is 21.8 Å². The van der Waals surface area contributed by atoms with Crippen molar-refractivity contribution in [3.63, 3.8) is 0 Å². The molecule has 0 spiro atoms. The number of rotatable bonds is 4. The molecule has 28 heavy (non-hydrogen) atoms. The number of amides is 2. The largest absolute Gasteiger partial charge is 0.360 e. The normalized spacial score (nSPS) is 26.9. The van der Waals surface area contributed by atoms with Crippen molar-refractivity contribution >= 4 is 21.8 Å². The predicted molar refractivity (Wildman–Crippen MR) is 98.4 cm³/mol. The van der Waals surface area contributed by atoms with Gasteiger partial charge in [-0.25, -0.2) is 8.42 Å². The molecule has 2 atom stereocenters. The number of piperazine rings is 1. The third kappa shape index (κ3) is 3.09. The van der Waals surface area contributed by atoms with Crippen LogP contribution in [-0.4, -0.2) is 72.3 Å². The highest BCUT2D eigenvalue weighted by Crippen LogP contribution is 2.35. The summed E-state index contributed by atoms with van der Waals surface area (Å²) in [6.45, 7) is 4.90. The van der Waals surface area contributed by atoms with Crippen LogP contribution in [0.4, 0.5) is 0 Å². The molecule has 3 heterocycles. The third-order valence-electron chi connectivity index (χ3n) is 5.84. The Labute approximate surface area is 164 Å². The third-order valence-corrected chi connectivity index (χ3v) is 7.98. The molecule has 2 fully saturated rings. The summed E-state index contributed by atoms with van der Waals surface area (Å²) in [5, 5.41) is 3.73. The SMILES string of the molecule is Cc1noc(C)c1S(=O)(=O)N1CCN(CN2C(=O)[C@@H]3CC=CC[C@H]3C2=O)CC1. The molecule has 0 bridgehead atoms. The first-order chi connectivity index (χ1) is 13.3. The lowest BCUT2D eigenvalue weighted by Gasteiger charge is -2.35. The molecule has 9 nitrogen and oxygen atoms in total. The molecule has 0 aromatic carbocycles. The number of carbonyl (C=O) groups is 2. The lowest BCUT2D eigenvalue weighted by Crippen LogP contribution is -2.52. The highest BCUT2D eigenvalue weighted by atomic mass is 32.2. The molecule has 0 unspecified atom stereocenters. The molecule has 2 amide bonds. The zero-order valence-corrected chi connectivity index (χ0v) is 16.8. The van der Waals surface area contributed by atoms with Crippen LogP contribution in [0.3, 0.4) is 0 Å². The highest BCUT2D eigenvalue weighted by Gasteiger charge is 2.47. The van der Waals surface area contributed by atoms with E-state index in [0.29, 0.717) is 31.6 Å². The lowest BCUT2D eigenvalue weighted by atomic mass is 9.85. The molecule has 1 aromatic heterocycles. The van der Waals surface area contributed by atoms with Crippen molar-refractivity contribution in [2.45, 2.75) is 31.6 Å². The Balaban J connectivity index is 1.40. The van der Waals surface area contributed by atoms with Crippen molar-refractivity contribution < 1.29 is 22.5 Å². The van der Waals surface area contributed by atoms with Gasteiger partial charge in [0.25, 0.3) is 0 Å². The molecule has 0 N–H and O–H groups in total. The van der Waals surface area contributed by atoms with Gasteiger partial charge < -0.3 is 4.52 Å². The Morgan fingerprint density at radius 2 is 1.61 bits per heavy atom. The highest BCUT2D eigenvalue weighted by molar-refractivity contribution is 7.89. The molecule has 1 aliphatic carbocycles. The van der Waals surface area contributed by atoms with Crippen molar-refractivity contribution in [1.29, 1.82) is 0 Å². The molecule has 1 aromatic rings. The summed E-state index contributed by atoms with van der Waals surface area (Å²) in [6, 6.07) is 0. The second-order valence-electron chi connectivity index (χ2n) is 7.58. The lowest BCUT2D eigenvalue weighted by molar-refractivity contribution is -0.142. The maximum Gasteiger partial charge on any atom is 0.248 e. The smallest absolute Gasteiger partial charge is 0.248 e. The van der Waals surface area contributed by atoms with Crippen molar-refractivity contribution in [2.24, 2.45) is 11.8 Å². The van der Waals surface area contributed by atoms with Crippen LogP contribution >= 0.6 is 0 Å². The molecule has 2 saturated heterocycles. The summed E-state index contributed by atoms with van der Waals surface area (Å²) in [5.74, 6) is -0.405. The zero-order chi connectivity index (χ0) is 20.1. The summed E-state index contributed by atoms with van der Waals surface area (Å²) in [4.78, 5) is 28.6. The number of allylic oxidation sites excluding steroid dienone is 2. The number of nitrogens with zero attached hydrogens (tertiary/aromatic N) is 4. The molecule has 10 heteroatoms. The van der Waals surface area contributed by atoms with Gasteiger partial charge in [0.05, 0.1) is 18.5 Å². The average molecular weight is 408 g/mol. The van der Waals surface area contributed by atoms with Gasteiger partial charge in [-0.05, 0) is 26.7 Å². The van der Waals surface area contributed by atoms with Crippen LogP contribution in [0.25, 0.3) is 0 Å². The van der Waals surface area contributed by atoms with Gasteiger partial charge in [-0.15, -0.1) is 0 Å². The van der Waals surface area contributed by atoms with Crippen LogP contribution in [0.2, 0.25) is 0 Å². The van der Waals surface area contributed by atoms with E-state index in [0.717, 1.165) is 0 Å². The van der Waals surface area contributed by atoms with Crippen LogP contribution < -0.4 is 0 Å². The van der Waals surface area contributed by atoms with Gasteiger partial charge in [-0.1, -0.05) is 17.3 Å². The van der Waals surface area contributed by atoms with Gasteiger partial charge in [0.15, 0.2) is 5.76 Å². The number of aromatic nitrogens is 1. The maximum atomic E-state index is 12.9. The Kier molecular flexibility index (Phi) is 4.88. The van der Waals surface area contributed by atoms with Crippen molar-refractivity contribution in [3.8, 4) is 0 Å². The fraction of sp³-hybridized carbons (Fsp3) is 0.611. The monoisotopic (exact) mass is 408 g/mol. The minimum atomic E-state index is -3.67. The molecular formula is C18H24N4O5S. The first-order valence-corrected chi connectivity index (χ1v) is 10.9. The number of imide groups is 1. The quantitative estimate of drug-likeness (QED) is 0.528. The number of carbonyl (C=O) groups excluding carboxylic acids is 2. The molecule has 0 radical (unpaired) electrons. The number of sulfonamides is 1. The van der Waals surface area contributed by atoms with Crippen LogP contribution in [0.1, 0.15) is 24.3 Å². The fourth-order valence-electron chi connectivity index (χ4n) is 4.29. The van der Waals surface area contributed by atoms with E-state index in [9.17, 15) is 18.0 Å². The zero-order valence-electron chi connectivity index (χ0n) is 16.0. The number of hydrogen-bond acceptors (Lipinski definition) is 7. The summed E-state index contributed by atoms with van der Waals surface area (Å²) < 4.78 is 32.2. The van der Waals surface area contributed by atoms with E-state index in [-0.39, 0.29) is 54.1 Å². The van der Waals surface area contributed by atoms with Gasteiger partial charge in [0.1, 0.15) is 10.6 Å². The number of aryl methyl sites for hydroxylation is 2. The van der Waals surface area contributed by atoms with Crippen LogP contribution in [0.5, 0.6) is 0 Å².